The summed E-state index contributed by atoms with van der Waals surface area (Å²) in [6, 6.07) is 0.643. The van der Waals surface area contributed by atoms with Gasteiger partial charge in [0.2, 0.25) is 0 Å². The lowest BCUT2D eigenvalue weighted by Gasteiger charge is -2.35. The average Bonchev–Trinajstić information content (AvgIpc) is 2.37. The Bertz CT molecular complexity index is 212. The van der Waals surface area contributed by atoms with Gasteiger partial charge in [-0.1, -0.05) is 72.6 Å². The standard InChI is InChI=1S/C18H37N/c1-5-6-7-8-9-10-17-13-16(4)11-12-18(17)14-19-15(2)3/h15-19H,5-14H2,1-4H3. The van der Waals surface area contributed by atoms with Crippen LogP contribution < -0.4 is 5.32 Å². The zero-order valence-electron chi connectivity index (χ0n) is 13.9. The van der Waals surface area contributed by atoms with E-state index in [0.717, 1.165) is 17.8 Å². The highest BCUT2D eigenvalue weighted by Gasteiger charge is 2.27. The van der Waals surface area contributed by atoms with Gasteiger partial charge in [0.1, 0.15) is 0 Å². The number of unbranched alkanes of at least 4 members (excludes halogenated alkanes) is 4. The van der Waals surface area contributed by atoms with E-state index in [1.54, 1.807) is 0 Å². The highest BCUT2D eigenvalue weighted by atomic mass is 14.9. The van der Waals surface area contributed by atoms with Crippen molar-refractivity contribution in [2.75, 3.05) is 6.54 Å². The molecule has 0 bridgehead atoms. The molecule has 3 atom stereocenters. The van der Waals surface area contributed by atoms with Crippen LogP contribution in [0.2, 0.25) is 0 Å². The fourth-order valence-electron chi connectivity index (χ4n) is 3.58. The molecule has 1 nitrogen and oxygen atoms in total. The minimum atomic E-state index is 0.643. The first kappa shape index (κ1) is 17.0. The van der Waals surface area contributed by atoms with E-state index < -0.39 is 0 Å². The predicted octanol–water partition coefficient (Wildman–Crippen LogP) is 5.40. The fourth-order valence-corrected chi connectivity index (χ4v) is 3.58. The summed E-state index contributed by atoms with van der Waals surface area (Å²) in [5, 5.41) is 3.67. The van der Waals surface area contributed by atoms with E-state index in [9.17, 15) is 0 Å². The average molecular weight is 268 g/mol. The van der Waals surface area contributed by atoms with Crippen molar-refractivity contribution in [3.8, 4) is 0 Å². The molecule has 0 aromatic rings. The van der Waals surface area contributed by atoms with E-state index in [-0.39, 0.29) is 0 Å². The largest absolute Gasteiger partial charge is 0.314 e. The van der Waals surface area contributed by atoms with E-state index in [0.29, 0.717) is 6.04 Å². The second kappa shape index (κ2) is 9.80. The Hall–Kier alpha value is -0.0400. The van der Waals surface area contributed by atoms with E-state index >= 15 is 0 Å². The zero-order valence-corrected chi connectivity index (χ0v) is 13.9. The molecule has 1 N–H and O–H groups in total. The molecule has 0 amide bonds. The van der Waals surface area contributed by atoms with Gasteiger partial charge >= 0.3 is 0 Å². The van der Waals surface area contributed by atoms with Crippen LogP contribution in [0.3, 0.4) is 0 Å². The Morgan fingerprint density at radius 1 is 1.00 bits per heavy atom. The lowest BCUT2D eigenvalue weighted by atomic mass is 9.72. The third kappa shape index (κ3) is 7.34. The van der Waals surface area contributed by atoms with Gasteiger partial charge in [-0.05, 0) is 37.1 Å². The van der Waals surface area contributed by atoms with Gasteiger partial charge in [0.05, 0.1) is 0 Å². The first-order chi connectivity index (χ1) is 9.13. The predicted molar refractivity (Wildman–Crippen MR) is 86.5 cm³/mol. The summed E-state index contributed by atoms with van der Waals surface area (Å²) in [6.45, 7) is 10.5. The van der Waals surface area contributed by atoms with Gasteiger partial charge < -0.3 is 5.32 Å². The fraction of sp³-hybridized carbons (Fsp3) is 1.00. The van der Waals surface area contributed by atoms with Gasteiger partial charge in [-0.15, -0.1) is 0 Å². The SMILES string of the molecule is CCCCCCCC1CC(C)CCC1CNC(C)C. The highest BCUT2D eigenvalue weighted by molar-refractivity contribution is 4.80. The quantitative estimate of drug-likeness (QED) is 0.552. The molecule has 114 valence electrons. The van der Waals surface area contributed by atoms with E-state index in [1.165, 1.54) is 64.3 Å². The van der Waals surface area contributed by atoms with Crippen LogP contribution in [0.5, 0.6) is 0 Å². The molecule has 0 aromatic heterocycles. The van der Waals surface area contributed by atoms with Gasteiger partial charge in [0.25, 0.3) is 0 Å². The van der Waals surface area contributed by atoms with Crippen molar-refractivity contribution < 1.29 is 0 Å². The second-order valence-corrected chi connectivity index (χ2v) is 7.20. The van der Waals surface area contributed by atoms with Crippen LogP contribution in [0.4, 0.5) is 0 Å². The monoisotopic (exact) mass is 267 g/mol. The van der Waals surface area contributed by atoms with Crippen LogP contribution in [-0.4, -0.2) is 12.6 Å². The Morgan fingerprint density at radius 3 is 2.42 bits per heavy atom. The third-order valence-corrected chi connectivity index (χ3v) is 4.87. The number of hydrogen-bond acceptors (Lipinski definition) is 1. The van der Waals surface area contributed by atoms with Crippen LogP contribution in [-0.2, 0) is 0 Å². The van der Waals surface area contributed by atoms with Gasteiger partial charge in [-0.3, -0.25) is 0 Å². The van der Waals surface area contributed by atoms with Gasteiger partial charge in [0.15, 0.2) is 0 Å². The van der Waals surface area contributed by atoms with Crippen molar-refractivity contribution >= 4 is 0 Å². The first-order valence-corrected chi connectivity index (χ1v) is 8.86. The summed E-state index contributed by atoms with van der Waals surface area (Å²) in [5.41, 5.74) is 0. The van der Waals surface area contributed by atoms with E-state index in [1.807, 2.05) is 0 Å². The maximum Gasteiger partial charge on any atom is 0.00104 e. The number of nitrogens with one attached hydrogen (secondary N) is 1. The number of hydrogen-bond donors (Lipinski definition) is 1. The molecule has 1 rings (SSSR count). The summed E-state index contributed by atoms with van der Waals surface area (Å²) < 4.78 is 0. The van der Waals surface area contributed by atoms with Crippen LogP contribution in [0.15, 0.2) is 0 Å². The van der Waals surface area contributed by atoms with Crippen LogP contribution in [0, 0.1) is 17.8 Å². The summed E-state index contributed by atoms with van der Waals surface area (Å²) >= 11 is 0. The van der Waals surface area contributed by atoms with Gasteiger partial charge in [-0.2, -0.15) is 0 Å². The molecule has 0 saturated heterocycles. The Labute approximate surface area is 121 Å². The topological polar surface area (TPSA) is 12.0 Å². The molecular weight excluding hydrogens is 230 g/mol. The number of rotatable bonds is 9. The molecular formula is C18H37N. The molecule has 1 saturated carbocycles. The van der Waals surface area contributed by atoms with Crippen LogP contribution in [0.1, 0.15) is 85.5 Å². The highest BCUT2D eigenvalue weighted by Crippen LogP contribution is 2.36. The molecule has 0 heterocycles. The smallest absolute Gasteiger partial charge is 0.00104 e. The molecule has 0 radical (unpaired) electrons. The van der Waals surface area contributed by atoms with Crippen molar-refractivity contribution in [2.24, 2.45) is 17.8 Å². The van der Waals surface area contributed by atoms with Crippen molar-refractivity contribution in [1.29, 1.82) is 0 Å². The van der Waals surface area contributed by atoms with Crippen LogP contribution in [0.25, 0.3) is 0 Å². The maximum absolute atomic E-state index is 3.67. The minimum Gasteiger partial charge on any atom is -0.314 e. The summed E-state index contributed by atoms with van der Waals surface area (Å²) in [5.74, 6) is 2.91. The molecule has 0 aromatic carbocycles. The first-order valence-electron chi connectivity index (χ1n) is 8.86. The Kier molecular flexibility index (Phi) is 8.77. The second-order valence-electron chi connectivity index (χ2n) is 7.20. The Balaban J connectivity index is 2.27. The van der Waals surface area contributed by atoms with Crippen molar-refractivity contribution in [3.63, 3.8) is 0 Å². The van der Waals surface area contributed by atoms with Crippen LogP contribution >= 0.6 is 0 Å². The van der Waals surface area contributed by atoms with Crippen molar-refractivity contribution in [2.45, 2.75) is 91.5 Å². The molecule has 0 aliphatic heterocycles. The lowest BCUT2D eigenvalue weighted by molar-refractivity contribution is 0.169. The molecule has 1 fully saturated rings. The Morgan fingerprint density at radius 2 is 1.74 bits per heavy atom. The normalized spacial score (nSPS) is 27.9. The molecule has 1 aliphatic rings. The molecule has 3 unspecified atom stereocenters. The van der Waals surface area contributed by atoms with Crippen molar-refractivity contribution in [1.82, 2.24) is 5.32 Å². The van der Waals surface area contributed by atoms with Crippen molar-refractivity contribution in [3.05, 3.63) is 0 Å². The van der Waals surface area contributed by atoms with E-state index in [2.05, 4.69) is 33.0 Å². The van der Waals surface area contributed by atoms with Gasteiger partial charge in [0, 0.05) is 6.04 Å². The third-order valence-electron chi connectivity index (χ3n) is 4.87. The molecule has 19 heavy (non-hydrogen) atoms. The lowest BCUT2D eigenvalue weighted by Crippen LogP contribution is -2.35. The van der Waals surface area contributed by atoms with E-state index in [4.69, 9.17) is 0 Å². The summed E-state index contributed by atoms with van der Waals surface area (Å²) in [4.78, 5) is 0. The van der Waals surface area contributed by atoms with Gasteiger partial charge in [-0.25, -0.2) is 0 Å². The summed E-state index contributed by atoms with van der Waals surface area (Å²) in [6.07, 6.45) is 13.1. The zero-order chi connectivity index (χ0) is 14.1. The molecule has 1 aliphatic carbocycles. The maximum atomic E-state index is 3.67. The molecule has 1 heteroatoms. The summed E-state index contributed by atoms with van der Waals surface area (Å²) in [7, 11) is 0. The molecule has 0 spiro atoms. The minimum absolute atomic E-state index is 0.643.